The van der Waals surface area contributed by atoms with E-state index in [0.717, 1.165) is 60.1 Å². The van der Waals surface area contributed by atoms with E-state index in [1.54, 1.807) is 6.20 Å². The van der Waals surface area contributed by atoms with Crippen LogP contribution in [0.25, 0.3) is 22.3 Å². The highest BCUT2D eigenvalue weighted by Gasteiger charge is 2.07. The molecule has 2 aromatic heterocycles. The van der Waals surface area contributed by atoms with Gasteiger partial charge in [0.25, 0.3) is 0 Å². The number of rotatable bonds is 8. The Balaban J connectivity index is 1.53. The lowest BCUT2D eigenvalue weighted by molar-refractivity contribution is 0.154. The van der Waals surface area contributed by atoms with E-state index in [1.807, 2.05) is 42.2 Å². The number of nitrogens with two attached hydrogens (primary N) is 1. The van der Waals surface area contributed by atoms with Crippen LogP contribution in [0.15, 0.2) is 36.8 Å². The molecule has 2 heterocycles. The van der Waals surface area contributed by atoms with Crippen LogP contribution in [0.5, 0.6) is 0 Å². The van der Waals surface area contributed by atoms with Crippen molar-refractivity contribution in [2.24, 2.45) is 5.73 Å². The maximum Gasteiger partial charge on any atom is 0.404 e. The summed E-state index contributed by atoms with van der Waals surface area (Å²) >= 11 is 0. The van der Waals surface area contributed by atoms with E-state index < -0.39 is 6.09 Å². The number of aryl methyl sites for hydroxylation is 2. The third-order valence-corrected chi connectivity index (χ3v) is 4.23. The number of aromatic nitrogens is 4. The smallest absolute Gasteiger partial charge is 0.404 e. The molecular weight excluding hydrogens is 330 g/mol. The van der Waals surface area contributed by atoms with Gasteiger partial charge >= 0.3 is 6.09 Å². The summed E-state index contributed by atoms with van der Waals surface area (Å²) in [5.74, 6) is 0. The first kappa shape index (κ1) is 17.8. The van der Waals surface area contributed by atoms with Crippen molar-refractivity contribution < 1.29 is 9.53 Å². The second kappa shape index (κ2) is 8.42. The van der Waals surface area contributed by atoms with Crippen LogP contribution >= 0.6 is 0 Å². The van der Waals surface area contributed by atoms with Gasteiger partial charge in [0.2, 0.25) is 0 Å². The highest BCUT2D eigenvalue weighted by atomic mass is 16.5. The lowest BCUT2D eigenvalue weighted by Crippen LogP contribution is -2.13. The molecule has 2 N–H and O–H groups in total. The van der Waals surface area contributed by atoms with Gasteiger partial charge in [0.15, 0.2) is 0 Å². The molecule has 0 fully saturated rings. The summed E-state index contributed by atoms with van der Waals surface area (Å²) in [5.41, 5.74) is 9.67. The molecule has 0 aliphatic heterocycles. The van der Waals surface area contributed by atoms with Crippen molar-refractivity contribution in [3.8, 4) is 11.3 Å². The molecular formula is C19H23N5O2. The van der Waals surface area contributed by atoms with Gasteiger partial charge < -0.3 is 10.5 Å². The van der Waals surface area contributed by atoms with Crippen LogP contribution in [-0.2, 0) is 11.3 Å². The lowest BCUT2D eigenvalue weighted by atomic mass is 10.2. The van der Waals surface area contributed by atoms with E-state index in [4.69, 9.17) is 15.5 Å². The van der Waals surface area contributed by atoms with Crippen molar-refractivity contribution in [3.05, 3.63) is 42.4 Å². The van der Waals surface area contributed by atoms with E-state index in [0.29, 0.717) is 6.61 Å². The quantitative estimate of drug-likeness (QED) is 0.626. The van der Waals surface area contributed by atoms with Gasteiger partial charge in [-0.15, -0.1) is 0 Å². The molecule has 0 aliphatic rings. The average molecular weight is 353 g/mol. The lowest BCUT2D eigenvalue weighted by Gasteiger charge is -2.03. The van der Waals surface area contributed by atoms with E-state index in [9.17, 15) is 4.79 Å². The number of primary amides is 1. The van der Waals surface area contributed by atoms with Crippen LogP contribution in [0.4, 0.5) is 4.79 Å². The zero-order chi connectivity index (χ0) is 18.4. The number of hydrogen-bond donors (Lipinski definition) is 1. The van der Waals surface area contributed by atoms with Gasteiger partial charge in [-0.05, 0) is 37.8 Å². The van der Waals surface area contributed by atoms with E-state index >= 15 is 0 Å². The van der Waals surface area contributed by atoms with Crippen LogP contribution in [0.2, 0.25) is 0 Å². The Morgan fingerprint density at radius 3 is 2.88 bits per heavy atom. The normalized spacial score (nSPS) is 11.0. The summed E-state index contributed by atoms with van der Waals surface area (Å²) in [5, 5.41) is 4.42. The molecule has 0 saturated carbocycles. The number of unbranched alkanes of at least 4 members (excludes halogenated alkanes) is 3. The molecule has 1 amide bonds. The Bertz CT molecular complexity index is 891. The molecule has 0 aliphatic carbocycles. The molecule has 0 bridgehead atoms. The van der Waals surface area contributed by atoms with Crippen molar-refractivity contribution in [2.75, 3.05) is 6.61 Å². The van der Waals surface area contributed by atoms with E-state index in [-0.39, 0.29) is 0 Å². The number of nitrogens with zero attached hydrogens (tertiary/aromatic N) is 4. The van der Waals surface area contributed by atoms with Crippen LogP contribution in [-0.4, -0.2) is 32.4 Å². The first-order valence-electron chi connectivity index (χ1n) is 8.81. The molecule has 0 atom stereocenters. The van der Waals surface area contributed by atoms with Gasteiger partial charge in [-0.3, -0.25) is 9.67 Å². The first-order chi connectivity index (χ1) is 12.6. The highest BCUT2D eigenvalue weighted by molar-refractivity contribution is 5.79. The SMILES string of the molecule is Cc1cccc2ncc(-c3cnn(CCCCCCOC(N)=O)c3)nc12. The summed E-state index contributed by atoms with van der Waals surface area (Å²) in [4.78, 5) is 19.7. The molecule has 26 heavy (non-hydrogen) atoms. The van der Waals surface area contributed by atoms with Crippen molar-refractivity contribution >= 4 is 17.1 Å². The molecule has 0 unspecified atom stereocenters. The maximum atomic E-state index is 10.5. The van der Waals surface area contributed by atoms with Crippen molar-refractivity contribution in [1.82, 2.24) is 19.7 Å². The average Bonchev–Trinajstić information content (AvgIpc) is 3.10. The first-order valence-corrected chi connectivity index (χ1v) is 8.81. The van der Waals surface area contributed by atoms with Gasteiger partial charge in [0.05, 0.1) is 35.7 Å². The number of carbonyl (C=O) groups is 1. The summed E-state index contributed by atoms with van der Waals surface area (Å²) in [6.45, 7) is 3.27. The van der Waals surface area contributed by atoms with Gasteiger partial charge in [-0.2, -0.15) is 5.10 Å². The second-order valence-corrected chi connectivity index (χ2v) is 6.27. The third kappa shape index (κ3) is 4.56. The third-order valence-electron chi connectivity index (χ3n) is 4.23. The predicted octanol–water partition coefficient (Wildman–Crippen LogP) is 3.46. The highest BCUT2D eigenvalue weighted by Crippen LogP contribution is 2.20. The number of hydrogen-bond acceptors (Lipinski definition) is 5. The van der Waals surface area contributed by atoms with Gasteiger partial charge in [0, 0.05) is 18.3 Å². The zero-order valence-electron chi connectivity index (χ0n) is 14.9. The standard InChI is InChI=1S/C19H23N5O2/c1-14-7-6-8-16-18(14)23-17(12-21-16)15-11-22-24(13-15)9-4-2-3-5-10-26-19(20)25/h6-8,11-13H,2-5,9-10H2,1H3,(H2,20,25). The van der Waals surface area contributed by atoms with E-state index in [2.05, 4.69) is 10.1 Å². The predicted molar refractivity (Wildman–Crippen MR) is 99.5 cm³/mol. The topological polar surface area (TPSA) is 95.9 Å². The van der Waals surface area contributed by atoms with Gasteiger partial charge in [-0.1, -0.05) is 18.6 Å². The fourth-order valence-corrected chi connectivity index (χ4v) is 2.83. The Labute approximate surface area is 152 Å². The van der Waals surface area contributed by atoms with E-state index in [1.165, 1.54) is 0 Å². The van der Waals surface area contributed by atoms with Crippen LogP contribution < -0.4 is 5.73 Å². The summed E-state index contributed by atoms with van der Waals surface area (Å²) in [6, 6.07) is 6.00. The molecule has 3 rings (SSSR count). The fraction of sp³-hybridized carbons (Fsp3) is 0.368. The molecule has 0 saturated heterocycles. The summed E-state index contributed by atoms with van der Waals surface area (Å²) < 4.78 is 6.64. The van der Waals surface area contributed by atoms with Gasteiger partial charge in [-0.25, -0.2) is 9.78 Å². The summed E-state index contributed by atoms with van der Waals surface area (Å²) in [7, 11) is 0. The van der Waals surface area contributed by atoms with Crippen LogP contribution in [0, 0.1) is 6.92 Å². The van der Waals surface area contributed by atoms with Crippen molar-refractivity contribution in [1.29, 1.82) is 0 Å². The number of carbonyl (C=O) groups excluding carboxylic acids is 1. The number of fused-ring (bicyclic) bond motifs is 1. The molecule has 136 valence electrons. The molecule has 0 radical (unpaired) electrons. The Hall–Kier alpha value is -2.96. The Morgan fingerprint density at radius 1 is 1.19 bits per heavy atom. The Morgan fingerprint density at radius 2 is 2.04 bits per heavy atom. The minimum Gasteiger partial charge on any atom is -0.450 e. The largest absolute Gasteiger partial charge is 0.450 e. The molecule has 1 aromatic carbocycles. The number of amides is 1. The number of ether oxygens (including phenoxy) is 1. The van der Waals surface area contributed by atoms with Crippen LogP contribution in [0.3, 0.4) is 0 Å². The molecule has 0 spiro atoms. The Kier molecular flexibility index (Phi) is 5.78. The zero-order valence-corrected chi connectivity index (χ0v) is 14.9. The molecule has 7 nitrogen and oxygen atoms in total. The van der Waals surface area contributed by atoms with Gasteiger partial charge in [0.1, 0.15) is 0 Å². The number of benzene rings is 1. The summed E-state index contributed by atoms with van der Waals surface area (Å²) in [6.07, 6.45) is 8.81. The second-order valence-electron chi connectivity index (χ2n) is 6.27. The van der Waals surface area contributed by atoms with Crippen LogP contribution in [0.1, 0.15) is 31.2 Å². The van der Waals surface area contributed by atoms with Crippen molar-refractivity contribution in [2.45, 2.75) is 39.2 Å². The fourth-order valence-electron chi connectivity index (χ4n) is 2.83. The maximum absolute atomic E-state index is 10.5. The number of para-hydroxylation sites is 1. The molecule has 7 heteroatoms. The monoisotopic (exact) mass is 353 g/mol. The minimum atomic E-state index is -0.707. The van der Waals surface area contributed by atoms with Crippen molar-refractivity contribution in [3.63, 3.8) is 0 Å². The molecule has 3 aromatic rings. The minimum absolute atomic E-state index is 0.390.